The molecule has 0 saturated carbocycles. The van der Waals surface area contributed by atoms with E-state index in [0.29, 0.717) is 34.0 Å². The molecule has 3 aromatic rings. The first-order valence-electron chi connectivity index (χ1n) is 9.40. The molecule has 2 amide bonds. The number of rotatable bonds is 5. The highest BCUT2D eigenvalue weighted by Crippen LogP contribution is 2.30. The maximum absolute atomic E-state index is 12.9. The molecule has 0 aliphatic carbocycles. The molecule has 0 radical (unpaired) electrons. The van der Waals surface area contributed by atoms with Crippen LogP contribution < -0.4 is 15.8 Å². The fourth-order valence-corrected chi connectivity index (χ4v) is 4.24. The first kappa shape index (κ1) is 19.2. The van der Waals surface area contributed by atoms with Crippen LogP contribution in [0.3, 0.4) is 0 Å². The molecule has 2 aromatic carbocycles. The average molecular weight is 408 g/mol. The van der Waals surface area contributed by atoms with Gasteiger partial charge in [-0.15, -0.1) is 0 Å². The Bertz CT molecular complexity index is 1160. The molecule has 1 aliphatic rings. The van der Waals surface area contributed by atoms with Crippen LogP contribution in [0.1, 0.15) is 13.3 Å². The van der Waals surface area contributed by atoms with Crippen molar-refractivity contribution in [2.45, 2.75) is 25.0 Å². The highest BCUT2D eigenvalue weighted by Gasteiger charge is 2.27. The predicted molar refractivity (Wildman–Crippen MR) is 114 cm³/mol. The zero-order chi connectivity index (χ0) is 20.4. The molecule has 1 N–H and O–H groups in total. The molecule has 1 aliphatic heterocycles. The lowest BCUT2D eigenvalue weighted by Gasteiger charge is -2.29. The second kappa shape index (κ2) is 8.08. The van der Waals surface area contributed by atoms with Crippen LogP contribution in [-0.2, 0) is 16.1 Å². The summed E-state index contributed by atoms with van der Waals surface area (Å²) in [7, 11) is 0. The largest absolute Gasteiger partial charge is 0.323 e. The summed E-state index contributed by atoms with van der Waals surface area (Å²) in [5.41, 5.74) is 1.81. The number of hydrogen-bond acceptors (Lipinski definition) is 5. The molecule has 0 saturated heterocycles. The van der Waals surface area contributed by atoms with E-state index in [9.17, 15) is 14.4 Å². The molecular formula is C21H20N4O3S. The van der Waals surface area contributed by atoms with E-state index in [0.717, 1.165) is 6.42 Å². The molecule has 1 aromatic heterocycles. The molecule has 0 unspecified atom stereocenters. The van der Waals surface area contributed by atoms with E-state index in [2.05, 4.69) is 10.3 Å². The number of aromatic nitrogens is 2. The van der Waals surface area contributed by atoms with Gasteiger partial charge in [0.1, 0.15) is 6.54 Å². The van der Waals surface area contributed by atoms with Crippen molar-refractivity contribution in [3.8, 4) is 0 Å². The molecular weight excluding hydrogens is 388 g/mol. The third-order valence-electron chi connectivity index (χ3n) is 4.67. The maximum atomic E-state index is 12.9. The second-order valence-electron chi connectivity index (χ2n) is 6.70. The maximum Gasteiger partial charge on any atom is 0.262 e. The fourth-order valence-electron chi connectivity index (χ4n) is 3.34. The van der Waals surface area contributed by atoms with Crippen LogP contribution in [0.5, 0.6) is 0 Å². The summed E-state index contributed by atoms with van der Waals surface area (Å²) in [5, 5.41) is 3.86. The summed E-state index contributed by atoms with van der Waals surface area (Å²) < 4.78 is 1.62. The molecule has 148 valence electrons. The summed E-state index contributed by atoms with van der Waals surface area (Å²) in [6.07, 6.45) is 0.779. The predicted octanol–water partition coefficient (Wildman–Crippen LogP) is 2.88. The van der Waals surface area contributed by atoms with Gasteiger partial charge in [-0.3, -0.25) is 19.0 Å². The first-order valence-corrected chi connectivity index (χ1v) is 10.4. The Balaban J connectivity index is 1.61. The van der Waals surface area contributed by atoms with E-state index in [-0.39, 0.29) is 29.7 Å². The van der Waals surface area contributed by atoms with E-state index >= 15 is 0 Å². The molecule has 8 heteroatoms. The first-order chi connectivity index (χ1) is 14.1. The van der Waals surface area contributed by atoms with Crippen LogP contribution >= 0.6 is 11.8 Å². The van der Waals surface area contributed by atoms with Crippen molar-refractivity contribution >= 4 is 45.9 Å². The van der Waals surface area contributed by atoms with Gasteiger partial charge >= 0.3 is 0 Å². The summed E-state index contributed by atoms with van der Waals surface area (Å²) >= 11 is 1.22. The Morgan fingerprint density at radius 1 is 1.14 bits per heavy atom. The molecule has 29 heavy (non-hydrogen) atoms. The SMILES string of the molecule is CCCn1c(SCC(=O)N2CC(=O)Nc3ccccc32)nc2ccccc2c1=O. The van der Waals surface area contributed by atoms with Crippen LogP contribution in [0.15, 0.2) is 58.5 Å². The Morgan fingerprint density at radius 3 is 2.72 bits per heavy atom. The van der Waals surface area contributed by atoms with Crippen molar-refractivity contribution < 1.29 is 9.59 Å². The number of amides is 2. The smallest absolute Gasteiger partial charge is 0.262 e. The van der Waals surface area contributed by atoms with Crippen LogP contribution in [0, 0.1) is 0 Å². The third-order valence-corrected chi connectivity index (χ3v) is 5.63. The van der Waals surface area contributed by atoms with Crippen molar-refractivity contribution in [2.24, 2.45) is 0 Å². The molecule has 4 rings (SSSR count). The molecule has 0 bridgehead atoms. The lowest BCUT2D eigenvalue weighted by Crippen LogP contribution is -2.43. The van der Waals surface area contributed by atoms with Crippen LogP contribution in [0.2, 0.25) is 0 Å². The number of nitrogens with one attached hydrogen (secondary N) is 1. The zero-order valence-corrected chi connectivity index (χ0v) is 16.7. The van der Waals surface area contributed by atoms with E-state index in [1.807, 2.05) is 31.2 Å². The number of hydrogen-bond donors (Lipinski definition) is 1. The molecule has 0 atom stereocenters. The summed E-state index contributed by atoms with van der Waals surface area (Å²) in [6.45, 7) is 2.50. The quantitative estimate of drug-likeness (QED) is 0.518. The Labute approximate surface area is 171 Å². The Hall–Kier alpha value is -3.13. The van der Waals surface area contributed by atoms with Gasteiger partial charge in [-0.1, -0.05) is 43.0 Å². The van der Waals surface area contributed by atoms with Crippen LogP contribution in [0.25, 0.3) is 10.9 Å². The fraction of sp³-hybridized carbons (Fsp3) is 0.238. The van der Waals surface area contributed by atoms with Gasteiger partial charge < -0.3 is 10.2 Å². The minimum Gasteiger partial charge on any atom is -0.323 e. The van der Waals surface area contributed by atoms with Gasteiger partial charge in [0.15, 0.2) is 5.16 Å². The van der Waals surface area contributed by atoms with Crippen molar-refractivity contribution in [3.05, 3.63) is 58.9 Å². The van der Waals surface area contributed by atoms with Gasteiger partial charge in [0, 0.05) is 6.54 Å². The monoisotopic (exact) mass is 408 g/mol. The van der Waals surface area contributed by atoms with Crippen molar-refractivity contribution in [1.29, 1.82) is 0 Å². The number of nitrogens with zero attached hydrogens (tertiary/aromatic N) is 3. The van der Waals surface area contributed by atoms with Gasteiger partial charge in [0.25, 0.3) is 5.56 Å². The number of anilines is 2. The molecule has 0 spiro atoms. The second-order valence-corrected chi connectivity index (χ2v) is 7.64. The van der Waals surface area contributed by atoms with Crippen molar-refractivity contribution in [1.82, 2.24) is 9.55 Å². The van der Waals surface area contributed by atoms with Gasteiger partial charge in [0.2, 0.25) is 11.8 Å². The van der Waals surface area contributed by atoms with Gasteiger partial charge in [-0.05, 0) is 30.7 Å². The molecule has 2 heterocycles. The number of carbonyl (C=O) groups is 2. The number of para-hydroxylation sites is 3. The minimum atomic E-state index is -0.228. The Kier molecular flexibility index (Phi) is 5.35. The van der Waals surface area contributed by atoms with Crippen molar-refractivity contribution in [3.63, 3.8) is 0 Å². The van der Waals surface area contributed by atoms with E-state index in [1.165, 1.54) is 16.7 Å². The highest BCUT2D eigenvalue weighted by molar-refractivity contribution is 7.99. The van der Waals surface area contributed by atoms with Crippen LogP contribution in [0.4, 0.5) is 11.4 Å². The number of thioether (sulfide) groups is 1. The third kappa shape index (κ3) is 3.75. The normalized spacial score (nSPS) is 13.3. The van der Waals surface area contributed by atoms with Gasteiger partial charge in [0.05, 0.1) is 28.0 Å². The van der Waals surface area contributed by atoms with Crippen LogP contribution in [-0.4, -0.2) is 33.7 Å². The lowest BCUT2D eigenvalue weighted by molar-refractivity contribution is -0.120. The average Bonchev–Trinajstić information content (AvgIpc) is 2.73. The standard InChI is InChI=1S/C21H20N4O3S/c1-2-11-24-20(28)14-7-3-4-8-15(14)23-21(24)29-13-19(27)25-12-18(26)22-16-9-5-6-10-17(16)25/h3-10H,2,11-13H2,1H3,(H,22,26). The number of benzene rings is 2. The number of carbonyl (C=O) groups excluding carboxylic acids is 2. The Morgan fingerprint density at radius 2 is 1.90 bits per heavy atom. The summed E-state index contributed by atoms with van der Waals surface area (Å²) in [6, 6.07) is 14.4. The lowest BCUT2D eigenvalue weighted by atomic mass is 10.2. The highest BCUT2D eigenvalue weighted by atomic mass is 32.2. The van der Waals surface area contributed by atoms with E-state index < -0.39 is 0 Å². The van der Waals surface area contributed by atoms with Gasteiger partial charge in [-0.2, -0.15) is 0 Å². The number of fused-ring (bicyclic) bond motifs is 2. The molecule has 7 nitrogen and oxygen atoms in total. The zero-order valence-electron chi connectivity index (χ0n) is 15.9. The topological polar surface area (TPSA) is 84.3 Å². The van der Waals surface area contributed by atoms with E-state index in [1.54, 1.807) is 28.8 Å². The minimum absolute atomic E-state index is 0.0245. The van der Waals surface area contributed by atoms with Gasteiger partial charge in [-0.25, -0.2) is 4.98 Å². The summed E-state index contributed by atoms with van der Waals surface area (Å²) in [5.74, 6) is -0.354. The van der Waals surface area contributed by atoms with Crippen molar-refractivity contribution in [2.75, 3.05) is 22.5 Å². The molecule has 0 fully saturated rings. The van der Waals surface area contributed by atoms with E-state index in [4.69, 9.17) is 0 Å². The summed E-state index contributed by atoms with van der Waals surface area (Å²) in [4.78, 5) is 43.8.